The van der Waals surface area contributed by atoms with E-state index in [0.717, 1.165) is 17.0 Å². The van der Waals surface area contributed by atoms with Gasteiger partial charge >= 0.3 is 0 Å². The fourth-order valence-electron chi connectivity index (χ4n) is 1.79. The van der Waals surface area contributed by atoms with E-state index in [-0.39, 0.29) is 0 Å². The molecule has 5 nitrogen and oxygen atoms in total. The molecule has 0 unspecified atom stereocenters. The molecule has 1 aromatic heterocycles. The molecule has 0 bridgehead atoms. The van der Waals surface area contributed by atoms with E-state index in [1.807, 2.05) is 48.5 Å². The van der Waals surface area contributed by atoms with Gasteiger partial charge in [0, 0.05) is 11.1 Å². The number of nitrogens with zero attached hydrogens (tertiary/aromatic N) is 4. The van der Waals surface area contributed by atoms with Gasteiger partial charge in [-0.05, 0) is 40.3 Å². The highest BCUT2D eigenvalue weighted by Gasteiger charge is 2.01. The lowest BCUT2D eigenvalue weighted by molar-refractivity contribution is 0.306. The molecule has 0 N–H and O–H groups in total. The van der Waals surface area contributed by atoms with Crippen molar-refractivity contribution in [3.05, 3.63) is 65.4 Å². The van der Waals surface area contributed by atoms with Crippen LogP contribution in [0.5, 0.6) is 5.75 Å². The Morgan fingerprint density at radius 2 is 2.00 bits per heavy atom. The Morgan fingerprint density at radius 3 is 2.80 bits per heavy atom. The number of ether oxygens (including phenoxy) is 1. The Bertz CT molecular complexity index is 700. The summed E-state index contributed by atoms with van der Waals surface area (Å²) in [5, 5.41) is 11.8. The van der Waals surface area contributed by atoms with Gasteiger partial charge in [0.25, 0.3) is 0 Å². The highest BCUT2D eigenvalue weighted by Crippen LogP contribution is 2.18. The van der Waals surface area contributed by atoms with E-state index in [4.69, 9.17) is 16.3 Å². The van der Waals surface area contributed by atoms with Crippen molar-refractivity contribution >= 4 is 11.6 Å². The van der Waals surface area contributed by atoms with E-state index >= 15 is 0 Å². The van der Waals surface area contributed by atoms with Crippen molar-refractivity contribution in [2.24, 2.45) is 0 Å². The molecular weight excluding hydrogens is 276 g/mol. The molecule has 0 spiro atoms. The van der Waals surface area contributed by atoms with E-state index in [0.29, 0.717) is 11.6 Å². The minimum Gasteiger partial charge on any atom is -0.489 e. The van der Waals surface area contributed by atoms with Gasteiger partial charge in [-0.1, -0.05) is 29.8 Å². The van der Waals surface area contributed by atoms with Crippen LogP contribution in [0.1, 0.15) is 5.56 Å². The SMILES string of the molecule is Clc1cccc(COc2cccc(-n3cnnn3)c2)c1. The summed E-state index contributed by atoms with van der Waals surface area (Å²) < 4.78 is 7.32. The van der Waals surface area contributed by atoms with Crippen LogP contribution in [0, 0.1) is 0 Å². The van der Waals surface area contributed by atoms with Crippen molar-refractivity contribution in [1.82, 2.24) is 20.2 Å². The van der Waals surface area contributed by atoms with E-state index in [1.165, 1.54) is 6.33 Å². The molecule has 3 aromatic rings. The van der Waals surface area contributed by atoms with Crippen molar-refractivity contribution in [3.63, 3.8) is 0 Å². The highest BCUT2D eigenvalue weighted by atomic mass is 35.5. The highest BCUT2D eigenvalue weighted by molar-refractivity contribution is 6.30. The second-order valence-corrected chi connectivity index (χ2v) is 4.61. The molecule has 1 heterocycles. The number of hydrogen-bond acceptors (Lipinski definition) is 4. The Kier molecular flexibility index (Phi) is 3.60. The molecule has 0 atom stereocenters. The standard InChI is InChI=1S/C14H11ClN4O/c15-12-4-1-3-11(7-12)9-20-14-6-2-5-13(8-14)19-10-16-17-18-19/h1-8,10H,9H2. The van der Waals surface area contributed by atoms with Gasteiger partial charge in [-0.25, -0.2) is 4.68 Å². The van der Waals surface area contributed by atoms with Crippen molar-refractivity contribution in [2.45, 2.75) is 6.61 Å². The minimum absolute atomic E-state index is 0.458. The van der Waals surface area contributed by atoms with Gasteiger partial charge < -0.3 is 4.74 Å². The smallest absolute Gasteiger partial charge is 0.143 e. The lowest BCUT2D eigenvalue weighted by Gasteiger charge is -2.08. The minimum atomic E-state index is 0.458. The zero-order valence-electron chi connectivity index (χ0n) is 10.5. The molecule has 2 aromatic carbocycles. The molecule has 0 amide bonds. The van der Waals surface area contributed by atoms with E-state index in [1.54, 1.807) is 4.68 Å². The second-order valence-electron chi connectivity index (χ2n) is 4.17. The molecule has 20 heavy (non-hydrogen) atoms. The monoisotopic (exact) mass is 286 g/mol. The Labute approximate surface area is 120 Å². The van der Waals surface area contributed by atoms with Gasteiger partial charge in [-0.2, -0.15) is 0 Å². The average molecular weight is 287 g/mol. The summed E-state index contributed by atoms with van der Waals surface area (Å²) in [6.07, 6.45) is 1.54. The van der Waals surface area contributed by atoms with Gasteiger partial charge in [0.05, 0.1) is 5.69 Å². The van der Waals surface area contributed by atoms with Crippen LogP contribution in [0.15, 0.2) is 54.9 Å². The Balaban J connectivity index is 1.73. The molecule has 6 heteroatoms. The van der Waals surface area contributed by atoms with E-state index < -0.39 is 0 Å². The number of aromatic nitrogens is 4. The molecule has 3 rings (SSSR count). The fourth-order valence-corrected chi connectivity index (χ4v) is 2.00. The fraction of sp³-hybridized carbons (Fsp3) is 0.0714. The summed E-state index contributed by atoms with van der Waals surface area (Å²) in [4.78, 5) is 0. The van der Waals surface area contributed by atoms with Crippen molar-refractivity contribution < 1.29 is 4.74 Å². The van der Waals surface area contributed by atoms with Gasteiger partial charge in [0.15, 0.2) is 0 Å². The molecule has 0 aliphatic carbocycles. The number of rotatable bonds is 4. The first-order chi connectivity index (χ1) is 9.81. The quantitative estimate of drug-likeness (QED) is 0.740. The third-order valence-corrected chi connectivity index (χ3v) is 2.96. The number of tetrazole rings is 1. The van der Waals surface area contributed by atoms with E-state index in [2.05, 4.69) is 15.5 Å². The van der Waals surface area contributed by atoms with Crippen LogP contribution >= 0.6 is 11.6 Å². The van der Waals surface area contributed by atoms with Gasteiger partial charge in [-0.3, -0.25) is 0 Å². The predicted octanol–water partition coefficient (Wildman–Crippen LogP) is 2.89. The van der Waals surface area contributed by atoms with Crippen LogP contribution in [-0.4, -0.2) is 20.2 Å². The number of hydrogen-bond donors (Lipinski definition) is 0. The lowest BCUT2D eigenvalue weighted by atomic mass is 10.2. The average Bonchev–Trinajstić information content (AvgIpc) is 3.00. The zero-order chi connectivity index (χ0) is 13.8. The maximum atomic E-state index is 5.94. The first-order valence-electron chi connectivity index (χ1n) is 6.02. The maximum Gasteiger partial charge on any atom is 0.143 e. The van der Waals surface area contributed by atoms with Crippen LogP contribution < -0.4 is 4.74 Å². The normalized spacial score (nSPS) is 10.4. The van der Waals surface area contributed by atoms with Crippen molar-refractivity contribution in [2.75, 3.05) is 0 Å². The molecule has 0 radical (unpaired) electrons. The summed E-state index contributed by atoms with van der Waals surface area (Å²) in [6, 6.07) is 15.2. The molecular formula is C14H11ClN4O. The van der Waals surface area contributed by atoms with Crippen molar-refractivity contribution in [1.29, 1.82) is 0 Å². The third-order valence-electron chi connectivity index (χ3n) is 2.73. The topological polar surface area (TPSA) is 52.8 Å². The second kappa shape index (κ2) is 5.71. The molecule has 0 fully saturated rings. The zero-order valence-corrected chi connectivity index (χ0v) is 11.2. The Morgan fingerprint density at radius 1 is 1.10 bits per heavy atom. The van der Waals surface area contributed by atoms with Gasteiger partial charge in [0.1, 0.15) is 18.7 Å². The Hall–Kier alpha value is -2.40. The first-order valence-corrected chi connectivity index (χ1v) is 6.40. The summed E-state index contributed by atoms with van der Waals surface area (Å²) in [6.45, 7) is 0.458. The summed E-state index contributed by atoms with van der Waals surface area (Å²) >= 11 is 5.94. The predicted molar refractivity (Wildman–Crippen MR) is 74.9 cm³/mol. The van der Waals surface area contributed by atoms with Gasteiger partial charge in [-0.15, -0.1) is 5.10 Å². The summed E-state index contributed by atoms with van der Waals surface area (Å²) in [7, 11) is 0. The van der Waals surface area contributed by atoms with Crippen molar-refractivity contribution in [3.8, 4) is 11.4 Å². The van der Waals surface area contributed by atoms with Crippen LogP contribution in [0.25, 0.3) is 5.69 Å². The third kappa shape index (κ3) is 2.95. The summed E-state index contributed by atoms with van der Waals surface area (Å²) in [5.41, 5.74) is 1.86. The van der Waals surface area contributed by atoms with Gasteiger partial charge in [0.2, 0.25) is 0 Å². The molecule has 0 aliphatic rings. The maximum absolute atomic E-state index is 5.94. The first kappa shape index (κ1) is 12.6. The van der Waals surface area contributed by atoms with E-state index in [9.17, 15) is 0 Å². The molecule has 0 aliphatic heterocycles. The number of halogens is 1. The summed E-state index contributed by atoms with van der Waals surface area (Å²) in [5.74, 6) is 0.748. The molecule has 0 saturated carbocycles. The van der Waals surface area contributed by atoms with Crippen LogP contribution in [-0.2, 0) is 6.61 Å². The molecule has 100 valence electrons. The largest absolute Gasteiger partial charge is 0.489 e. The van der Waals surface area contributed by atoms with Crippen LogP contribution in [0.3, 0.4) is 0 Å². The molecule has 0 saturated heterocycles. The van der Waals surface area contributed by atoms with Crippen LogP contribution in [0.2, 0.25) is 5.02 Å². The number of benzene rings is 2. The lowest BCUT2D eigenvalue weighted by Crippen LogP contribution is -1.98. The van der Waals surface area contributed by atoms with Crippen LogP contribution in [0.4, 0.5) is 0 Å².